The lowest BCUT2D eigenvalue weighted by molar-refractivity contribution is -0.127. The molecule has 0 heterocycles. The molecule has 0 saturated heterocycles. The third-order valence-corrected chi connectivity index (χ3v) is 1.93. The van der Waals surface area contributed by atoms with E-state index < -0.39 is 12.1 Å². The van der Waals surface area contributed by atoms with E-state index in [1.54, 1.807) is 0 Å². The summed E-state index contributed by atoms with van der Waals surface area (Å²) in [6.07, 6.45) is -0.375. The lowest BCUT2D eigenvalue weighted by Gasteiger charge is -2.23. The first-order valence-corrected chi connectivity index (χ1v) is 5.47. The van der Waals surface area contributed by atoms with Crippen LogP contribution in [0, 0.1) is 5.41 Å². The van der Waals surface area contributed by atoms with Crippen molar-refractivity contribution >= 4 is 5.91 Å². The summed E-state index contributed by atoms with van der Waals surface area (Å²) in [7, 11) is 0. The molecule has 0 aliphatic carbocycles. The van der Waals surface area contributed by atoms with E-state index in [1.165, 1.54) is 0 Å². The van der Waals surface area contributed by atoms with Crippen LogP contribution in [0.3, 0.4) is 0 Å². The van der Waals surface area contributed by atoms with Crippen molar-refractivity contribution in [2.75, 3.05) is 0 Å². The molecule has 0 aliphatic rings. The Bertz CT molecular complexity index is 213. The van der Waals surface area contributed by atoms with E-state index in [0.717, 1.165) is 0 Å². The zero-order valence-electron chi connectivity index (χ0n) is 10.8. The quantitative estimate of drug-likeness (QED) is 0.773. The number of alkyl halides is 1. The lowest BCUT2D eigenvalue weighted by Crippen LogP contribution is -2.44. The molecule has 0 aromatic rings. The highest BCUT2D eigenvalue weighted by atomic mass is 19.1. The number of rotatable bonds is 3. The average Bonchev–Trinajstić information content (AvgIpc) is 1.95. The molecular formula is C12H24FNO. The summed E-state index contributed by atoms with van der Waals surface area (Å²) >= 11 is 0. The molecule has 1 N–H and O–H groups in total. The number of hydrogen-bond donors (Lipinski definition) is 1. The van der Waals surface area contributed by atoms with Crippen molar-refractivity contribution in [3.8, 4) is 0 Å². The Morgan fingerprint density at radius 3 is 2.00 bits per heavy atom. The number of carbonyl (C=O) groups is 1. The Morgan fingerprint density at radius 2 is 1.67 bits per heavy atom. The van der Waals surface area contributed by atoms with Gasteiger partial charge < -0.3 is 5.32 Å². The van der Waals surface area contributed by atoms with Crippen molar-refractivity contribution in [3.63, 3.8) is 0 Å². The third-order valence-electron chi connectivity index (χ3n) is 1.93. The minimum absolute atomic E-state index is 0.0757. The molecule has 15 heavy (non-hydrogen) atoms. The van der Waals surface area contributed by atoms with Crippen LogP contribution in [0.4, 0.5) is 4.39 Å². The SMILES string of the molecule is CC(C)(C)CCC(F)C(=O)NC(C)(C)C. The van der Waals surface area contributed by atoms with Crippen molar-refractivity contribution < 1.29 is 9.18 Å². The second-order valence-electron chi connectivity index (χ2n) is 6.31. The molecule has 0 fully saturated rings. The largest absolute Gasteiger partial charge is 0.349 e. The van der Waals surface area contributed by atoms with Gasteiger partial charge in [0.1, 0.15) is 0 Å². The normalized spacial score (nSPS) is 14.9. The van der Waals surface area contributed by atoms with Crippen molar-refractivity contribution in [2.45, 2.75) is 66.1 Å². The van der Waals surface area contributed by atoms with Crippen molar-refractivity contribution in [1.82, 2.24) is 5.32 Å². The molecule has 3 heteroatoms. The van der Waals surface area contributed by atoms with E-state index >= 15 is 0 Å². The molecule has 0 rings (SSSR count). The number of hydrogen-bond acceptors (Lipinski definition) is 1. The first kappa shape index (κ1) is 14.4. The van der Waals surface area contributed by atoms with E-state index in [2.05, 4.69) is 5.32 Å². The van der Waals surface area contributed by atoms with Gasteiger partial charge in [0.2, 0.25) is 0 Å². The molecular weight excluding hydrogens is 193 g/mol. The Balaban J connectivity index is 4.01. The van der Waals surface area contributed by atoms with Gasteiger partial charge in [0.15, 0.2) is 6.17 Å². The summed E-state index contributed by atoms with van der Waals surface area (Å²) in [5, 5.41) is 2.64. The van der Waals surface area contributed by atoms with Crippen molar-refractivity contribution in [2.24, 2.45) is 5.41 Å². The molecule has 0 saturated carbocycles. The van der Waals surface area contributed by atoms with E-state index in [0.29, 0.717) is 12.8 Å². The van der Waals surface area contributed by atoms with Crippen LogP contribution in [0.15, 0.2) is 0 Å². The summed E-state index contributed by atoms with van der Waals surface area (Å²) in [6, 6.07) is 0. The van der Waals surface area contributed by atoms with Gasteiger partial charge in [0, 0.05) is 5.54 Å². The minimum atomic E-state index is -1.39. The predicted molar refractivity (Wildman–Crippen MR) is 61.5 cm³/mol. The first-order chi connectivity index (χ1) is 6.51. The van der Waals surface area contributed by atoms with Gasteiger partial charge in [0.05, 0.1) is 0 Å². The van der Waals surface area contributed by atoms with Crippen LogP contribution in [0.25, 0.3) is 0 Å². The fourth-order valence-electron chi connectivity index (χ4n) is 1.14. The van der Waals surface area contributed by atoms with Crippen LogP contribution >= 0.6 is 0 Å². The van der Waals surface area contributed by atoms with Gasteiger partial charge in [0.25, 0.3) is 5.91 Å². The van der Waals surface area contributed by atoms with Crippen LogP contribution in [0.5, 0.6) is 0 Å². The standard InChI is InChI=1S/C12H24FNO/c1-11(2,3)8-7-9(13)10(15)14-12(4,5)6/h9H,7-8H2,1-6H3,(H,14,15). The molecule has 1 unspecified atom stereocenters. The topological polar surface area (TPSA) is 29.1 Å². The van der Waals surface area contributed by atoms with Gasteiger partial charge in [-0.1, -0.05) is 20.8 Å². The third kappa shape index (κ3) is 8.40. The maximum atomic E-state index is 13.4. The molecule has 0 aliphatic heterocycles. The van der Waals surface area contributed by atoms with Gasteiger partial charge in [-0.15, -0.1) is 0 Å². The molecule has 0 aromatic heterocycles. The second kappa shape index (κ2) is 4.95. The van der Waals surface area contributed by atoms with Gasteiger partial charge >= 0.3 is 0 Å². The zero-order valence-corrected chi connectivity index (χ0v) is 10.8. The molecule has 0 bridgehead atoms. The van der Waals surface area contributed by atoms with Crippen molar-refractivity contribution in [3.05, 3.63) is 0 Å². The van der Waals surface area contributed by atoms with Crippen LogP contribution in [-0.4, -0.2) is 17.6 Å². The fourth-order valence-corrected chi connectivity index (χ4v) is 1.14. The highest BCUT2D eigenvalue weighted by Gasteiger charge is 2.23. The summed E-state index contributed by atoms with van der Waals surface area (Å²) in [4.78, 5) is 11.4. The van der Waals surface area contributed by atoms with Crippen LogP contribution in [0.2, 0.25) is 0 Å². The number of amides is 1. The Kier molecular flexibility index (Phi) is 4.75. The Labute approximate surface area is 92.6 Å². The van der Waals surface area contributed by atoms with Gasteiger partial charge in [-0.3, -0.25) is 4.79 Å². The molecule has 90 valence electrons. The molecule has 1 amide bonds. The first-order valence-electron chi connectivity index (χ1n) is 5.47. The average molecular weight is 217 g/mol. The van der Waals surface area contributed by atoms with E-state index in [-0.39, 0.29) is 11.0 Å². The monoisotopic (exact) mass is 217 g/mol. The van der Waals surface area contributed by atoms with Gasteiger partial charge in [-0.05, 0) is 39.0 Å². The summed E-state index contributed by atoms with van der Waals surface area (Å²) in [5.41, 5.74) is -0.282. The molecule has 2 nitrogen and oxygen atoms in total. The Hall–Kier alpha value is -0.600. The van der Waals surface area contributed by atoms with Crippen LogP contribution in [0.1, 0.15) is 54.4 Å². The summed E-state index contributed by atoms with van der Waals surface area (Å²) < 4.78 is 13.4. The molecule has 1 atom stereocenters. The Morgan fingerprint density at radius 1 is 1.20 bits per heavy atom. The van der Waals surface area contributed by atoms with Crippen LogP contribution in [-0.2, 0) is 4.79 Å². The second-order valence-corrected chi connectivity index (χ2v) is 6.31. The van der Waals surface area contributed by atoms with E-state index in [9.17, 15) is 9.18 Å². The summed E-state index contributed by atoms with van der Waals surface area (Å²) in [5.74, 6) is -0.494. The fraction of sp³-hybridized carbons (Fsp3) is 0.917. The molecule has 0 radical (unpaired) electrons. The smallest absolute Gasteiger partial charge is 0.254 e. The maximum absolute atomic E-state index is 13.4. The summed E-state index contributed by atoms with van der Waals surface area (Å²) in [6.45, 7) is 11.7. The van der Waals surface area contributed by atoms with E-state index in [1.807, 2.05) is 41.5 Å². The van der Waals surface area contributed by atoms with E-state index in [4.69, 9.17) is 0 Å². The van der Waals surface area contributed by atoms with Gasteiger partial charge in [-0.2, -0.15) is 0 Å². The van der Waals surface area contributed by atoms with Gasteiger partial charge in [-0.25, -0.2) is 4.39 Å². The predicted octanol–water partition coefficient (Wildman–Crippen LogP) is 3.07. The highest BCUT2D eigenvalue weighted by Crippen LogP contribution is 2.22. The lowest BCUT2D eigenvalue weighted by atomic mass is 9.89. The number of nitrogens with one attached hydrogen (secondary N) is 1. The molecule has 0 spiro atoms. The minimum Gasteiger partial charge on any atom is -0.349 e. The highest BCUT2D eigenvalue weighted by molar-refractivity contribution is 5.81. The van der Waals surface area contributed by atoms with Crippen molar-refractivity contribution in [1.29, 1.82) is 0 Å². The van der Waals surface area contributed by atoms with Crippen LogP contribution < -0.4 is 5.32 Å². The number of carbonyl (C=O) groups excluding carboxylic acids is 1. The molecule has 0 aromatic carbocycles. The number of halogens is 1. The maximum Gasteiger partial charge on any atom is 0.254 e. The zero-order chi connectivity index (χ0) is 12.3.